The van der Waals surface area contributed by atoms with E-state index < -0.39 is 29.1 Å². The van der Waals surface area contributed by atoms with Crippen LogP contribution in [0.1, 0.15) is 23.2 Å². The highest BCUT2D eigenvalue weighted by molar-refractivity contribution is 5.72. The molecule has 0 spiro atoms. The number of esters is 1. The maximum absolute atomic E-state index is 12.4. The van der Waals surface area contributed by atoms with E-state index in [4.69, 9.17) is 5.26 Å². The molecule has 1 aromatic rings. The van der Waals surface area contributed by atoms with Crippen LogP contribution in [0.2, 0.25) is 0 Å². The molecule has 0 saturated heterocycles. The van der Waals surface area contributed by atoms with Crippen molar-refractivity contribution in [1.29, 1.82) is 5.26 Å². The maximum atomic E-state index is 12.4. The minimum atomic E-state index is -2.95. The van der Waals surface area contributed by atoms with Gasteiger partial charge in [-0.25, -0.2) is 8.78 Å². The van der Waals surface area contributed by atoms with E-state index in [0.29, 0.717) is 0 Å². The number of pyridine rings is 1. The van der Waals surface area contributed by atoms with Crippen molar-refractivity contribution in [2.45, 2.75) is 12.8 Å². The third-order valence-electron chi connectivity index (χ3n) is 2.08. The Bertz CT molecular complexity index is 531. The summed E-state index contributed by atoms with van der Waals surface area (Å²) in [6.07, 6.45) is -2.34. The minimum Gasteiger partial charge on any atom is -0.469 e. The Morgan fingerprint density at radius 3 is 2.76 bits per heavy atom. The number of alkyl halides is 2. The second-order valence-corrected chi connectivity index (χ2v) is 3.10. The number of hydrogen-bond donors (Lipinski definition) is 1. The summed E-state index contributed by atoms with van der Waals surface area (Å²) in [7, 11) is 1.13. The molecule has 0 fully saturated rings. The van der Waals surface area contributed by atoms with E-state index >= 15 is 0 Å². The fourth-order valence-electron chi connectivity index (χ4n) is 1.23. The van der Waals surface area contributed by atoms with E-state index in [1.165, 1.54) is 6.07 Å². The fraction of sp³-hybridized carbons (Fsp3) is 0.300. The predicted octanol–water partition coefficient (Wildman–Crippen LogP) is 0.900. The van der Waals surface area contributed by atoms with Crippen LogP contribution in [0.25, 0.3) is 0 Å². The van der Waals surface area contributed by atoms with Gasteiger partial charge in [0.15, 0.2) is 0 Å². The molecule has 1 rings (SSSR count). The molecule has 1 N–H and O–H groups in total. The van der Waals surface area contributed by atoms with E-state index in [1.54, 1.807) is 0 Å². The molecule has 0 aromatic carbocycles. The number of nitriles is 1. The van der Waals surface area contributed by atoms with Crippen molar-refractivity contribution in [2.24, 2.45) is 0 Å². The summed E-state index contributed by atoms with van der Waals surface area (Å²) in [6, 6.07) is 1.40. The van der Waals surface area contributed by atoms with Crippen LogP contribution in [0.5, 0.6) is 0 Å². The molecule has 1 heterocycles. The van der Waals surface area contributed by atoms with Gasteiger partial charge in [-0.2, -0.15) is 5.26 Å². The molecular weight excluding hydrogens is 234 g/mol. The number of nitrogens with zero attached hydrogens (tertiary/aromatic N) is 1. The summed E-state index contributed by atoms with van der Waals surface area (Å²) in [4.78, 5) is 24.7. The molecule has 90 valence electrons. The minimum absolute atomic E-state index is 0.0854. The number of carbonyl (C=O) groups excluding carboxylic acids is 1. The molecule has 7 heteroatoms. The third kappa shape index (κ3) is 2.66. The second-order valence-electron chi connectivity index (χ2n) is 3.10. The summed E-state index contributed by atoms with van der Waals surface area (Å²) in [6.45, 7) is 0. The third-order valence-corrected chi connectivity index (χ3v) is 2.08. The topological polar surface area (TPSA) is 82.9 Å². The molecule has 0 bridgehead atoms. The summed E-state index contributed by atoms with van der Waals surface area (Å²) < 4.78 is 29.2. The first-order valence-electron chi connectivity index (χ1n) is 4.50. The second kappa shape index (κ2) is 5.21. The molecule has 0 aliphatic rings. The zero-order valence-electron chi connectivity index (χ0n) is 8.79. The first-order chi connectivity index (χ1) is 8.01. The number of aromatic nitrogens is 1. The number of methoxy groups -OCH3 is 1. The highest BCUT2D eigenvalue weighted by atomic mass is 19.3. The highest BCUT2D eigenvalue weighted by Crippen LogP contribution is 2.18. The molecule has 0 amide bonds. The van der Waals surface area contributed by atoms with Gasteiger partial charge in [0.1, 0.15) is 17.3 Å². The lowest BCUT2D eigenvalue weighted by atomic mass is 10.1. The zero-order valence-corrected chi connectivity index (χ0v) is 8.79. The van der Waals surface area contributed by atoms with Crippen molar-refractivity contribution in [3.63, 3.8) is 0 Å². The number of halogens is 2. The smallest absolute Gasteiger partial charge is 0.310 e. The van der Waals surface area contributed by atoms with Crippen LogP contribution >= 0.6 is 0 Å². The monoisotopic (exact) mass is 242 g/mol. The quantitative estimate of drug-likeness (QED) is 0.798. The Labute approximate surface area is 94.6 Å². The Kier molecular flexibility index (Phi) is 3.93. The summed E-state index contributed by atoms with van der Waals surface area (Å²) >= 11 is 0. The van der Waals surface area contributed by atoms with E-state index in [0.717, 1.165) is 13.3 Å². The van der Waals surface area contributed by atoms with Crippen LogP contribution in [0.15, 0.2) is 11.0 Å². The van der Waals surface area contributed by atoms with Crippen molar-refractivity contribution >= 4 is 5.97 Å². The summed E-state index contributed by atoms with van der Waals surface area (Å²) in [5.74, 6) is -0.691. The zero-order chi connectivity index (χ0) is 13.0. The van der Waals surface area contributed by atoms with Crippen molar-refractivity contribution < 1.29 is 18.3 Å². The van der Waals surface area contributed by atoms with Crippen LogP contribution < -0.4 is 5.43 Å². The molecule has 0 radical (unpaired) electrons. The Morgan fingerprint density at radius 2 is 2.29 bits per heavy atom. The molecule has 0 unspecified atom stereocenters. The molecule has 0 aliphatic heterocycles. The standard InChI is InChI=1S/C10H8F2N2O3/c1-17-7(15)2-5-4-14-8(10(11)12)6(3-13)9(5)16/h4,10H,2H2,1H3,(H,14,16). The van der Waals surface area contributed by atoms with E-state index in [-0.39, 0.29) is 12.0 Å². The molecule has 17 heavy (non-hydrogen) atoms. The average molecular weight is 242 g/mol. The van der Waals surface area contributed by atoms with Gasteiger partial charge in [0, 0.05) is 11.8 Å². The van der Waals surface area contributed by atoms with E-state index in [9.17, 15) is 18.4 Å². The fourth-order valence-corrected chi connectivity index (χ4v) is 1.23. The van der Waals surface area contributed by atoms with Gasteiger partial charge in [-0.05, 0) is 0 Å². The lowest BCUT2D eigenvalue weighted by Gasteiger charge is -2.05. The van der Waals surface area contributed by atoms with E-state index in [2.05, 4.69) is 9.72 Å². The van der Waals surface area contributed by atoms with Crippen LogP contribution in [0, 0.1) is 11.3 Å². The Hall–Kier alpha value is -2.23. The number of rotatable bonds is 3. The summed E-state index contributed by atoms with van der Waals surface area (Å²) in [5.41, 5.74) is -2.39. The van der Waals surface area contributed by atoms with Crippen molar-refractivity contribution in [3.8, 4) is 6.07 Å². The molecule has 5 nitrogen and oxygen atoms in total. The van der Waals surface area contributed by atoms with Gasteiger partial charge in [0.05, 0.1) is 13.5 Å². The number of hydrogen-bond acceptors (Lipinski definition) is 4. The van der Waals surface area contributed by atoms with Crippen LogP contribution in [0.4, 0.5) is 8.78 Å². The molecule has 1 aromatic heterocycles. The van der Waals surface area contributed by atoms with Gasteiger partial charge in [0.25, 0.3) is 6.43 Å². The van der Waals surface area contributed by atoms with Crippen LogP contribution in [-0.4, -0.2) is 18.1 Å². The highest BCUT2D eigenvalue weighted by Gasteiger charge is 2.19. The van der Waals surface area contributed by atoms with Gasteiger partial charge in [-0.15, -0.1) is 0 Å². The number of ether oxygens (including phenoxy) is 1. The maximum Gasteiger partial charge on any atom is 0.310 e. The number of H-pyrrole nitrogens is 1. The van der Waals surface area contributed by atoms with Crippen LogP contribution in [-0.2, 0) is 16.0 Å². The van der Waals surface area contributed by atoms with Crippen LogP contribution in [0.3, 0.4) is 0 Å². The molecule has 0 saturated carbocycles. The van der Waals surface area contributed by atoms with Crippen molar-refractivity contribution in [2.75, 3.05) is 7.11 Å². The van der Waals surface area contributed by atoms with Gasteiger partial charge < -0.3 is 9.72 Å². The largest absolute Gasteiger partial charge is 0.469 e. The Balaban J connectivity index is 3.27. The first-order valence-corrected chi connectivity index (χ1v) is 4.50. The Morgan fingerprint density at radius 1 is 1.65 bits per heavy atom. The lowest BCUT2D eigenvalue weighted by molar-refractivity contribution is -0.139. The number of nitrogens with one attached hydrogen (secondary N) is 1. The van der Waals surface area contributed by atoms with Gasteiger partial charge in [-0.3, -0.25) is 9.59 Å². The number of aromatic amines is 1. The normalized spacial score (nSPS) is 10.1. The molecular formula is C10H8F2N2O3. The lowest BCUT2D eigenvalue weighted by Crippen LogP contribution is -2.20. The van der Waals surface area contributed by atoms with Gasteiger partial charge >= 0.3 is 5.97 Å². The van der Waals surface area contributed by atoms with Gasteiger partial charge in [0.2, 0.25) is 5.43 Å². The van der Waals surface area contributed by atoms with E-state index in [1.807, 2.05) is 0 Å². The van der Waals surface area contributed by atoms with Gasteiger partial charge in [-0.1, -0.05) is 0 Å². The SMILES string of the molecule is COC(=O)Cc1c[nH]c(C(F)F)c(C#N)c1=O. The summed E-state index contributed by atoms with van der Waals surface area (Å²) in [5, 5.41) is 8.64. The average Bonchev–Trinajstić information content (AvgIpc) is 2.30. The van der Waals surface area contributed by atoms with Crippen molar-refractivity contribution in [1.82, 2.24) is 4.98 Å². The molecule has 0 aliphatic carbocycles. The first kappa shape index (κ1) is 12.8. The predicted molar refractivity (Wildman–Crippen MR) is 52.5 cm³/mol. The number of carbonyl (C=O) groups is 1. The van der Waals surface area contributed by atoms with Crippen molar-refractivity contribution in [3.05, 3.63) is 33.2 Å². The molecule has 0 atom stereocenters.